The van der Waals surface area contributed by atoms with Crippen molar-refractivity contribution in [2.24, 2.45) is 5.92 Å². The van der Waals surface area contributed by atoms with Crippen LogP contribution in [-0.4, -0.2) is 47.3 Å². The number of ether oxygens (including phenoxy) is 1. The zero-order chi connectivity index (χ0) is 12.4. The van der Waals surface area contributed by atoms with Crippen molar-refractivity contribution >= 4 is 5.97 Å². The minimum atomic E-state index is -0.812. The van der Waals surface area contributed by atoms with Crippen molar-refractivity contribution in [1.29, 1.82) is 0 Å². The molecule has 98 valence electrons. The molecule has 2 rings (SSSR count). The maximum absolute atomic E-state index is 10.8. The van der Waals surface area contributed by atoms with Gasteiger partial charge in [-0.2, -0.15) is 0 Å². The fourth-order valence-electron chi connectivity index (χ4n) is 2.92. The van der Waals surface area contributed by atoms with Crippen molar-refractivity contribution in [3.8, 4) is 0 Å². The first-order valence-electron chi connectivity index (χ1n) is 6.68. The smallest absolute Gasteiger partial charge is 0.332 e. The zero-order valence-electron chi connectivity index (χ0n) is 10.8. The third kappa shape index (κ3) is 3.19. The fraction of sp³-hybridized carbons (Fsp3) is 0.923. The molecule has 0 aromatic carbocycles. The molecule has 17 heavy (non-hydrogen) atoms. The third-order valence-electron chi connectivity index (χ3n) is 4.07. The number of rotatable bonds is 3. The molecule has 4 nitrogen and oxygen atoms in total. The molecule has 4 unspecified atom stereocenters. The molecule has 0 aromatic heterocycles. The lowest BCUT2D eigenvalue weighted by molar-refractivity contribution is -0.149. The molecule has 0 spiro atoms. The highest BCUT2D eigenvalue weighted by atomic mass is 16.5. The fourth-order valence-corrected chi connectivity index (χ4v) is 2.92. The molecular weight excluding hydrogens is 218 g/mol. The Morgan fingerprint density at radius 1 is 1.29 bits per heavy atom. The summed E-state index contributed by atoms with van der Waals surface area (Å²) in [6.07, 6.45) is 3.64. The van der Waals surface area contributed by atoms with Gasteiger partial charge in [-0.05, 0) is 38.5 Å². The first-order chi connectivity index (χ1) is 8.06. The van der Waals surface area contributed by atoms with E-state index in [1.165, 1.54) is 12.8 Å². The number of carboxylic acid groups (broad SMARTS) is 1. The minimum Gasteiger partial charge on any atom is -0.479 e. The summed E-state index contributed by atoms with van der Waals surface area (Å²) in [5.74, 6) is -0.0598. The van der Waals surface area contributed by atoms with Crippen LogP contribution in [0.25, 0.3) is 0 Å². The lowest BCUT2D eigenvalue weighted by Crippen LogP contribution is -2.45. The summed E-state index contributed by atoms with van der Waals surface area (Å²) >= 11 is 0. The molecule has 0 aliphatic carbocycles. The molecule has 4 atom stereocenters. The molecule has 0 amide bonds. The second-order valence-electron chi connectivity index (χ2n) is 5.65. The standard InChI is InChI=1S/C13H23NO3/c1-9-3-4-10(2)14(7-9)8-11-5-6-12(17-11)13(15)16/h9-12H,3-8H2,1-2H3,(H,15,16). The summed E-state index contributed by atoms with van der Waals surface area (Å²) in [5.41, 5.74) is 0. The maximum atomic E-state index is 10.8. The van der Waals surface area contributed by atoms with Crippen LogP contribution in [0.15, 0.2) is 0 Å². The van der Waals surface area contributed by atoms with Gasteiger partial charge in [0.15, 0.2) is 6.10 Å². The Morgan fingerprint density at radius 3 is 2.71 bits per heavy atom. The Balaban J connectivity index is 1.82. The summed E-state index contributed by atoms with van der Waals surface area (Å²) in [6.45, 7) is 6.57. The lowest BCUT2D eigenvalue weighted by Gasteiger charge is -2.38. The van der Waals surface area contributed by atoms with Crippen LogP contribution in [0.1, 0.15) is 39.5 Å². The number of hydrogen-bond acceptors (Lipinski definition) is 3. The van der Waals surface area contributed by atoms with Crippen molar-refractivity contribution in [3.05, 3.63) is 0 Å². The molecule has 2 aliphatic heterocycles. The molecular formula is C13H23NO3. The van der Waals surface area contributed by atoms with Gasteiger partial charge in [0.2, 0.25) is 0 Å². The largest absolute Gasteiger partial charge is 0.479 e. The number of likely N-dealkylation sites (tertiary alicyclic amines) is 1. The monoisotopic (exact) mass is 241 g/mol. The van der Waals surface area contributed by atoms with Crippen molar-refractivity contribution in [2.75, 3.05) is 13.1 Å². The number of carboxylic acids is 1. The molecule has 2 aliphatic rings. The zero-order valence-corrected chi connectivity index (χ0v) is 10.8. The van der Waals surface area contributed by atoms with Crippen LogP contribution in [0, 0.1) is 5.92 Å². The summed E-state index contributed by atoms with van der Waals surface area (Å²) in [6, 6.07) is 0.610. The van der Waals surface area contributed by atoms with E-state index in [0.717, 1.165) is 25.4 Å². The Labute approximate surface area is 103 Å². The molecule has 2 heterocycles. The normalized spacial score (nSPS) is 39.4. The summed E-state index contributed by atoms with van der Waals surface area (Å²) in [7, 11) is 0. The Kier molecular flexibility index (Phi) is 4.05. The predicted octanol–water partition coefficient (Wildman–Crippen LogP) is 1.74. The average molecular weight is 241 g/mol. The number of piperidine rings is 1. The first kappa shape index (κ1) is 12.8. The SMILES string of the molecule is CC1CCC(C)N(CC2CCC(C(=O)O)O2)C1. The predicted molar refractivity (Wildman–Crippen MR) is 65.0 cm³/mol. The molecule has 0 saturated carbocycles. The van der Waals surface area contributed by atoms with Gasteiger partial charge < -0.3 is 9.84 Å². The van der Waals surface area contributed by atoms with Gasteiger partial charge in [-0.3, -0.25) is 4.90 Å². The van der Waals surface area contributed by atoms with Crippen LogP contribution < -0.4 is 0 Å². The molecule has 0 bridgehead atoms. The van der Waals surface area contributed by atoms with Crippen LogP contribution in [0.5, 0.6) is 0 Å². The van der Waals surface area contributed by atoms with E-state index in [1.807, 2.05) is 0 Å². The number of hydrogen-bond donors (Lipinski definition) is 1. The molecule has 0 aromatic rings. The number of nitrogens with zero attached hydrogens (tertiary/aromatic N) is 1. The molecule has 1 N–H and O–H groups in total. The van der Waals surface area contributed by atoms with Crippen molar-refractivity contribution in [3.63, 3.8) is 0 Å². The van der Waals surface area contributed by atoms with E-state index in [1.54, 1.807) is 0 Å². The van der Waals surface area contributed by atoms with E-state index in [4.69, 9.17) is 9.84 Å². The average Bonchev–Trinajstić information content (AvgIpc) is 2.72. The van der Waals surface area contributed by atoms with E-state index in [9.17, 15) is 4.79 Å². The van der Waals surface area contributed by atoms with Gasteiger partial charge in [0.25, 0.3) is 0 Å². The number of carbonyl (C=O) groups is 1. The molecule has 0 radical (unpaired) electrons. The second-order valence-corrected chi connectivity index (χ2v) is 5.65. The van der Waals surface area contributed by atoms with Gasteiger partial charge in [-0.15, -0.1) is 0 Å². The van der Waals surface area contributed by atoms with Crippen LogP contribution in [0.4, 0.5) is 0 Å². The maximum Gasteiger partial charge on any atom is 0.332 e. The third-order valence-corrected chi connectivity index (χ3v) is 4.07. The van der Waals surface area contributed by atoms with Gasteiger partial charge in [-0.25, -0.2) is 4.79 Å². The topological polar surface area (TPSA) is 49.8 Å². The lowest BCUT2D eigenvalue weighted by atomic mass is 9.94. The van der Waals surface area contributed by atoms with Crippen molar-refractivity contribution in [2.45, 2.75) is 57.8 Å². The highest BCUT2D eigenvalue weighted by molar-refractivity contribution is 5.72. The molecule has 4 heteroatoms. The van der Waals surface area contributed by atoms with Crippen LogP contribution >= 0.6 is 0 Å². The highest BCUT2D eigenvalue weighted by Crippen LogP contribution is 2.25. The second kappa shape index (κ2) is 5.36. The quantitative estimate of drug-likeness (QED) is 0.817. The molecule has 2 saturated heterocycles. The highest BCUT2D eigenvalue weighted by Gasteiger charge is 2.33. The molecule has 2 fully saturated rings. The number of aliphatic carboxylic acids is 1. The van der Waals surface area contributed by atoms with Crippen LogP contribution in [0.3, 0.4) is 0 Å². The Bertz CT molecular complexity index is 282. The van der Waals surface area contributed by atoms with Crippen molar-refractivity contribution in [1.82, 2.24) is 4.90 Å². The summed E-state index contributed by atoms with van der Waals surface area (Å²) in [5, 5.41) is 8.89. The van der Waals surface area contributed by atoms with E-state index < -0.39 is 12.1 Å². The van der Waals surface area contributed by atoms with Gasteiger partial charge in [0.05, 0.1) is 6.10 Å². The van der Waals surface area contributed by atoms with E-state index in [2.05, 4.69) is 18.7 Å². The first-order valence-corrected chi connectivity index (χ1v) is 6.68. The van der Waals surface area contributed by atoms with Gasteiger partial charge in [0.1, 0.15) is 0 Å². The van der Waals surface area contributed by atoms with Gasteiger partial charge >= 0.3 is 5.97 Å². The van der Waals surface area contributed by atoms with E-state index in [-0.39, 0.29) is 6.10 Å². The Morgan fingerprint density at radius 2 is 2.06 bits per heavy atom. The van der Waals surface area contributed by atoms with Crippen LogP contribution in [0.2, 0.25) is 0 Å². The summed E-state index contributed by atoms with van der Waals surface area (Å²) < 4.78 is 5.57. The summed E-state index contributed by atoms with van der Waals surface area (Å²) in [4.78, 5) is 13.3. The Hall–Kier alpha value is -0.610. The van der Waals surface area contributed by atoms with Gasteiger partial charge in [-0.1, -0.05) is 6.92 Å². The van der Waals surface area contributed by atoms with Crippen LogP contribution in [-0.2, 0) is 9.53 Å². The van der Waals surface area contributed by atoms with Gasteiger partial charge in [0, 0.05) is 19.1 Å². The van der Waals surface area contributed by atoms with Crippen molar-refractivity contribution < 1.29 is 14.6 Å². The minimum absolute atomic E-state index is 0.115. The van der Waals surface area contributed by atoms with E-state index >= 15 is 0 Å². The van der Waals surface area contributed by atoms with E-state index in [0.29, 0.717) is 12.5 Å².